The average molecular weight is 242 g/mol. The molecular weight excluding hydrogens is 220 g/mol. The van der Waals surface area contributed by atoms with Gasteiger partial charge in [-0.2, -0.15) is 0 Å². The quantitative estimate of drug-likeness (QED) is 0.790. The zero-order valence-corrected chi connectivity index (χ0v) is 10.8. The number of rotatable bonds is 4. The molecule has 0 aliphatic carbocycles. The molecule has 0 aromatic carbocycles. The van der Waals surface area contributed by atoms with Crippen LogP contribution in [0.3, 0.4) is 0 Å². The van der Waals surface area contributed by atoms with E-state index in [2.05, 4.69) is 12.2 Å². The second kappa shape index (κ2) is 5.89. The fraction of sp³-hybridized carbons (Fsp3) is 0.833. The monoisotopic (exact) mass is 242 g/mol. The van der Waals surface area contributed by atoms with Crippen LogP contribution in [0.5, 0.6) is 0 Å². The van der Waals surface area contributed by atoms with Crippen molar-refractivity contribution in [1.82, 2.24) is 10.2 Å². The van der Waals surface area contributed by atoms with Crippen LogP contribution >= 0.6 is 0 Å². The number of likely N-dealkylation sites (tertiary alicyclic amines) is 1. The van der Waals surface area contributed by atoms with Crippen LogP contribution in [0.2, 0.25) is 0 Å². The van der Waals surface area contributed by atoms with E-state index in [1.807, 2.05) is 6.92 Å². The number of nitrogens with one attached hydrogen (secondary N) is 1. The van der Waals surface area contributed by atoms with E-state index in [1.165, 1.54) is 0 Å². The van der Waals surface area contributed by atoms with Gasteiger partial charge in [-0.15, -0.1) is 0 Å². The molecule has 3 unspecified atom stereocenters. The van der Waals surface area contributed by atoms with Gasteiger partial charge in [-0.25, -0.2) is 9.59 Å². The molecule has 0 spiro atoms. The highest BCUT2D eigenvalue weighted by Crippen LogP contribution is 2.25. The van der Waals surface area contributed by atoms with Gasteiger partial charge in [0.05, 0.1) is 0 Å². The number of amides is 2. The minimum absolute atomic E-state index is 0.200. The number of urea groups is 1. The SMILES string of the molecule is CCC(NC(=O)N1C(C)CCC1CC)C(=O)O. The molecule has 1 rings (SSSR count). The van der Waals surface area contributed by atoms with Crippen LogP contribution < -0.4 is 5.32 Å². The van der Waals surface area contributed by atoms with E-state index < -0.39 is 12.0 Å². The second-order valence-corrected chi connectivity index (χ2v) is 4.64. The molecule has 17 heavy (non-hydrogen) atoms. The standard InChI is InChI=1S/C12H22N2O3/c1-4-9-7-6-8(3)14(9)12(17)13-10(5-2)11(15)16/h8-10H,4-7H2,1-3H3,(H,13,17)(H,15,16). The van der Waals surface area contributed by atoms with Crippen LogP contribution in [-0.4, -0.2) is 40.1 Å². The van der Waals surface area contributed by atoms with Crippen molar-refractivity contribution in [2.75, 3.05) is 0 Å². The number of carbonyl (C=O) groups excluding carboxylic acids is 1. The van der Waals surface area contributed by atoms with Gasteiger partial charge in [0.15, 0.2) is 0 Å². The van der Waals surface area contributed by atoms with Gasteiger partial charge in [0.2, 0.25) is 0 Å². The van der Waals surface area contributed by atoms with Crippen molar-refractivity contribution in [2.45, 2.75) is 64.6 Å². The highest BCUT2D eigenvalue weighted by Gasteiger charge is 2.34. The van der Waals surface area contributed by atoms with Crippen molar-refractivity contribution >= 4 is 12.0 Å². The van der Waals surface area contributed by atoms with E-state index in [-0.39, 0.29) is 18.1 Å². The lowest BCUT2D eigenvalue weighted by Crippen LogP contribution is -2.51. The first kappa shape index (κ1) is 13.8. The maximum atomic E-state index is 12.1. The maximum absolute atomic E-state index is 12.1. The first-order valence-corrected chi connectivity index (χ1v) is 6.32. The zero-order valence-electron chi connectivity index (χ0n) is 10.8. The average Bonchev–Trinajstić information content (AvgIpc) is 2.66. The van der Waals surface area contributed by atoms with Crippen LogP contribution in [0, 0.1) is 0 Å². The summed E-state index contributed by atoms with van der Waals surface area (Å²) in [6.07, 6.45) is 3.33. The van der Waals surface area contributed by atoms with Crippen LogP contribution in [0.4, 0.5) is 4.79 Å². The molecule has 0 saturated carbocycles. The Labute approximate surface area is 102 Å². The summed E-state index contributed by atoms with van der Waals surface area (Å²) in [5.74, 6) is -0.972. The molecule has 1 aliphatic rings. The van der Waals surface area contributed by atoms with Crippen molar-refractivity contribution in [3.8, 4) is 0 Å². The van der Waals surface area contributed by atoms with Crippen LogP contribution in [0.15, 0.2) is 0 Å². The zero-order chi connectivity index (χ0) is 13.0. The summed E-state index contributed by atoms with van der Waals surface area (Å²) in [6, 6.07) is -0.577. The Hall–Kier alpha value is -1.26. The predicted octanol–water partition coefficient (Wildman–Crippen LogP) is 1.82. The number of carboxylic acid groups (broad SMARTS) is 1. The molecule has 0 aromatic rings. The summed E-state index contributed by atoms with van der Waals surface area (Å²) < 4.78 is 0. The lowest BCUT2D eigenvalue weighted by molar-refractivity contribution is -0.139. The Bertz CT molecular complexity index is 293. The lowest BCUT2D eigenvalue weighted by atomic mass is 10.1. The van der Waals surface area contributed by atoms with Crippen LogP contribution in [0.25, 0.3) is 0 Å². The van der Waals surface area contributed by atoms with Crippen molar-refractivity contribution in [1.29, 1.82) is 0 Å². The van der Waals surface area contributed by atoms with Gasteiger partial charge >= 0.3 is 12.0 Å². The Kier molecular flexibility index (Phi) is 4.78. The number of carbonyl (C=O) groups is 2. The van der Waals surface area contributed by atoms with Gasteiger partial charge < -0.3 is 15.3 Å². The lowest BCUT2D eigenvalue weighted by Gasteiger charge is -2.29. The number of hydrogen-bond acceptors (Lipinski definition) is 2. The van der Waals surface area contributed by atoms with Gasteiger partial charge in [-0.05, 0) is 32.6 Å². The third-order valence-corrected chi connectivity index (χ3v) is 3.50. The molecule has 2 amide bonds. The second-order valence-electron chi connectivity index (χ2n) is 4.64. The Balaban J connectivity index is 2.65. The molecule has 1 heterocycles. The van der Waals surface area contributed by atoms with E-state index in [1.54, 1.807) is 11.8 Å². The van der Waals surface area contributed by atoms with E-state index in [0.717, 1.165) is 19.3 Å². The van der Waals surface area contributed by atoms with Crippen molar-refractivity contribution in [3.05, 3.63) is 0 Å². The first-order chi connectivity index (χ1) is 8.01. The maximum Gasteiger partial charge on any atom is 0.326 e. The smallest absolute Gasteiger partial charge is 0.326 e. The molecule has 1 saturated heterocycles. The third-order valence-electron chi connectivity index (χ3n) is 3.50. The highest BCUT2D eigenvalue weighted by atomic mass is 16.4. The Morgan fingerprint density at radius 1 is 1.41 bits per heavy atom. The summed E-state index contributed by atoms with van der Waals surface area (Å²) in [5, 5.41) is 11.5. The third kappa shape index (κ3) is 3.11. The molecule has 5 nitrogen and oxygen atoms in total. The molecule has 2 N–H and O–H groups in total. The predicted molar refractivity (Wildman–Crippen MR) is 64.9 cm³/mol. The summed E-state index contributed by atoms with van der Waals surface area (Å²) in [4.78, 5) is 24.7. The molecule has 98 valence electrons. The topological polar surface area (TPSA) is 69.6 Å². The van der Waals surface area contributed by atoms with Gasteiger partial charge in [0.1, 0.15) is 6.04 Å². The molecule has 0 bridgehead atoms. The number of aliphatic carboxylic acids is 1. The summed E-state index contributed by atoms with van der Waals surface area (Å²) in [7, 11) is 0. The molecule has 1 aliphatic heterocycles. The normalized spacial score (nSPS) is 25.7. The summed E-state index contributed by atoms with van der Waals surface area (Å²) in [6.45, 7) is 5.82. The van der Waals surface area contributed by atoms with E-state index >= 15 is 0 Å². The van der Waals surface area contributed by atoms with Gasteiger partial charge in [0, 0.05) is 12.1 Å². The molecular formula is C12H22N2O3. The highest BCUT2D eigenvalue weighted by molar-refractivity contribution is 5.83. The summed E-state index contributed by atoms with van der Waals surface area (Å²) >= 11 is 0. The van der Waals surface area contributed by atoms with Crippen molar-refractivity contribution in [2.24, 2.45) is 0 Å². The summed E-state index contributed by atoms with van der Waals surface area (Å²) in [5.41, 5.74) is 0. The van der Waals surface area contributed by atoms with Crippen molar-refractivity contribution in [3.63, 3.8) is 0 Å². The molecule has 3 atom stereocenters. The number of carboxylic acids is 1. The van der Waals surface area contributed by atoms with Gasteiger partial charge in [-0.3, -0.25) is 0 Å². The van der Waals surface area contributed by atoms with E-state index in [9.17, 15) is 9.59 Å². The number of hydrogen-bond donors (Lipinski definition) is 2. The van der Waals surface area contributed by atoms with Gasteiger partial charge in [-0.1, -0.05) is 13.8 Å². The molecule has 0 radical (unpaired) electrons. The molecule has 1 fully saturated rings. The minimum atomic E-state index is -0.972. The Morgan fingerprint density at radius 3 is 2.53 bits per heavy atom. The fourth-order valence-electron chi connectivity index (χ4n) is 2.40. The van der Waals surface area contributed by atoms with E-state index in [0.29, 0.717) is 6.42 Å². The minimum Gasteiger partial charge on any atom is -0.480 e. The largest absolute Gasteiger partial charge is 0.480 e. The molecule has 0 aromatic heterocycles. The Morgan fingerprint density at radius 2 is 2.06 bits per heavy atom. The van der Waals surface area contributed by atoms with Gasteiger partial charge in [0.25, 0.3) is 0 Å². The van der Waals surface area contributed by atoms with Crippen LogP contribution in [0.1, 0.15) is 46.5 Å². The fourth-order valence-corrected chi connectivity index (χ4v) is 2.40. The number of nitrogens with zero attached hydrogens (tertiary/aromatic N) is 1. The van der Waals surface area contributed by atoms with Crippen molar-refractivity contribution < 1.29 is 14.7 Å². The molecule has 5 heteroatoms. The van der Waals surface area contributed by atoms with Crippen LogP contribution in [-0.2, 0) is 4.79 Å². The first-order valence-electron chi connectivity index (χ1n) is 6.32. The van der Waals surface area contributed by atoms with E-state index in [4.69, 9.17) is 5.11 Å².